The molecule has 0 amide bonds. The van der Waals surface area contributed by atoms with Crippen LogP contribution in [-0.4, -0.2) is 6.29 Å². The van der Waals surface area contributed by atoms with E-state index in [1.165, 1.54) is 33.4 Å². The molecule has 2 aliphatic carbocycles. The fourth-order valence-electron chi connectivity index (χ4n) is 4.58. The van der Waals surface area contributed by atoms with Crippen molar-refractivity contribution >= 4 is 11.9 Å². The largest absolute Gasteiger partial charge is 0.489 e. The third-order valence-electron chi connectivity index (χ3n) is 6.22. The van der Waals surface area contributed by atoms with Crippen molar-refractivity contribution in [1.82, 2.24) is 0 Å². The first-order valence-electron chi connectivity index (χ1n) is 11.8. The monoisotopic (exact) mass is 462 g/mol. The average Bonchev–Trinajstić information content (AvgIpc) is 2.93. The van der Waals surface area contributed by atoms with Gasteiger partial charge in [-0.25, -0.2) is 0 Å². The third kappa shape index (κ3) is 5.96. The van der Waals surface area contributed by atoms with E-state index in [9.17, 15) is 4.79 Å². The quantitative estimate of drug-likeness (QED) is 0.271. The highest BCUT2D eigenvalue weighted by Gasteiger charge is 2.23. The van der Waals surface area contributed by atoms with Crippen LogP contribution in [0.2, 0.25) is 0 Å². The summed E-state index contributed by atoms with van der Waals surface area (Å²) in [6.45, 7) is 6.57. The van der Waals surface area contributed by atoms with E-state index in [4.69, 9.17) is 4.74 Å². The lowest BCUT2D eigenvalue weighted by molar-refractivity contribution is 0.112. The number of carbonyl (C=O) groups is 1. The van der Waals surface area contributed by atoms with Gasteiger partial charge in [0, 0.05) is 5.56 Å². The summed E-state index contributed by atoms with van der Waals surface area (Å²) >= 11 is 0. The van der Waals surface area contributed by atoms with Gasteiger partial charge in [0.2, 0.25) is 0 Å². The molecule has 2 nitrogen and oxygen atoms in total. The van der Waals surface area contributed by atoms with Crippen LogP contribution in [0.5, 0.6) is 5.75 Å². The second-order valence-electron chi connectivity index (χ2n) is 8.33. The molecule has 3 aromatic carbocycles. The predicted molar refractivity (Wildman–Crippen MR) is 148 cm³/mol. The normalized spacial score (nSPS) is 14.0. The van der Waals surface area contributed by atoms with Crippen LogP contribution in [0.25, 0.3) is 5.57 Å². The topological polar surface area (TPSA) is 26.3 Å². The van der Waals surface area contributed by atoms with E-state index >= 15 is 0 Å². The molecule has 0 radical (unpaired) electrons. The summed E-state index contributed by atoms with van der Waals surface area (Å²) in [6.07, 6.45) is 12.0. The lowest BCUT2D eigenvalue weighted by Crippen LogP contribution is -2.09. The van der Waals surface area contributed by atoms with E-state index in [-0.39, 0.29) is 7.43 Å². The standard InChI is InChI=1S/C30H26O2.C2H4.CH4/c31-20-22-11-13-25(14-12-22)30-28(24-9-5-2-6-10-24)17-15-26-19-27(16-18-29(26)30)32-21-23-7-3-1-4-8-23;1-2;/h1,3-5,7-14,16,18-20H,2,6,15,17,21H2;1-2H2;1H4. The van der Waals surface area contributed by atoms with Gasteiger partial charge in [-0.2, -0.15) is 0 Å². The Bertz CT molecular complexity index is 1230. The Hall–Kier alpha value is -3.91. The molecule has 35 heavy (non-hydrogen) atoms. The zero-order valence-corrected chi connectivity index (χ0v) is 19.5. The van der Waals surface area contributed by atoms with Crippen LogP contribution in [0.15, 0.2) is 115 Å². The minimum Gasteiger partial charge on any atom is -0.489 e. The second kappa shape index (κ2) is 12.5. The maximum atomic E-state index is 11.2. The van der Waals surface area contributed by atoms with E-state index in [0.29, 0.717) is 12.2 Å². The van der Waals surface area contributed by atoms with Crippen molar-refractivity contribution in [2.24, 2.45) is 0 Å². The number of carbonyl (C=O) groups excluding carboxylic acids is 1. The Kier molecular flexibility index (Phi) is 9.20. The Morgan fingerprint density at radius 3 is 2.34 bits per heavy atom. The summed E-state index contributed by atoms with van der Waals surface area (Å²) in [5.74, 6) is 0.906. The molecular formula is C33H34O2. The van der Waals surface area contributed by atoms with Crippen molar-refractivity contribution in [2.75, 3.05) is 0 Å². The van der Waals surface area contributed by atoms with Gasteiger partial charge in [0.25, 0.3) is 0 Å². The number of allylic oxidation sites excluding steroid dienone is 5. The Morgan fingerprint density at radius 2 is 1.66 bits per heavy atom. The van der Waals surface area contributed by atoms with Gasteiger partial charge in [-0.05, 0) is 76.8 Å². The minimum atomic E-state index is 0. The van der Waals surface area contributed by atoms with Gasteiger partial charge in [-0.3, -0.25) is 4.79 Å². The fraction of sp³-hybridized carbons (Fsp3) is 0.182. The van der Waals surface area contributed by atoms with Gasteiger partial charge in [0.15, 0.2) is 0 Å². The van der Waals surface area contributed by atoms with Crippen LogP contribution in [0.4, 0.5) is 0 Å². The minimum absolute atomic E-state index is 0. The maximum absolute atomic E-state index is 11.2. The molecule has 3 aromatic rings. The molecule has 178 valence electrons. The number of aryl methyl sites for hydroxylation is 1. The Labute approximate surface area is 210 Å². The molecule has 2 aliphatic rings. The molecule has 0 heterocycles. The van der Waals surface area contributed by atoms with Gasteiger partial charge in [-0.1, -0.05) is 86.3 Å². The van der Waals surface area contributed by atoms with Crippen molar-refractivity contribution < 1.29 is 9.53 Å². The summed E-state index contributed by atoms with van der Waals surface area (Å²) in [5, 5.41) is 0. The van der Waals surface area contributed by atoms with Gasteiger partial charge in [0.1, 0.15) is 18.6 Å². The second-order valence-corrected chi connectivity index (χ2v) is 8.33. The highest BCUT2D eigenvalue weighted by Crippen LogP contribution is 2.41. The van der Waals surface area contributed by atoms with Crippen LogP contribution >= 0.6 is 0 Å². The fourth-order valence-corrected chi connectivity index (χ4v) is 4.58. The molecule has 0 aromatic heterocycles. The number of benzene rings is 3. The predicted octanol–water partition coefficient (Wildman–Crippen LogP) is 8.54. The first kappa shape index (κ1) is 25.7. The summed E-state index contributed by atoms with van der Waals surface area (Å²) < 4.78 is 6.10. The first-order valence-corrected chi connectivity index (χ1v) is 11.8. The zero-order valence-electron chi connectivity index (χ0n) is 19.5. The molecule has 0 saturated heterocycles. The molecule has 0 N–H and O–H groups in total. The molecule has 5 rings (SSSR count). The molecule has 0 unspecified atom stereocenters. The van der Waals surface area contributed by atoms with Crippen LogP contribution < -0.4 is 4.74 Å². The molecule has 2 heteroatoms. The number of fused-ring (bicyclic) bond motifs is 1. The molecule has 0 aliphatic heterocycles. The van der Waals surface area contributed by atoms with Crippen molar-refractivity contribution in [3.05, 3.63) is 143 Å². The van der Waals surface area contributed by atoms with Crippen LogP contribution in [0, 0.1) is 0 Å². The summed E-state index contributed by atoms with van der Waals surface area (Å²) in [4.78, 5) is 11.2. The highest BCUT2D eigenvalue weighted by molar-refractivity contribution is 5.89. The van der Waals surface area contributed by atoms with Crippen molar-refractivity contribution in [2.45, 2.75) is 39.7 Å². The Morgan fingerprint density at radius 1 is 0.886 bits per heavy atom. The van der Waals surface area contributed by atoms with Gasteiger partial charge < -0.3 is 4.74 Å². The molecular weight excluding hydrogens is 428 g/mol. The smallest absolute Gasteiger partial charge is 0.150 e. The van der Waals surface area contributed by atoms with Crippen LogP contribution in [-0.2, 0) is 13.0 Å². The Balaban J connectivity index is 0.00000111. The van der Waals surface area contributed by atoms with Crippen molar-refractivity contribution in [3.8, 4) is 5.75 Å². The number of ether oxygens (including phenoxy) is 1. The lowest BCUT2D eigenvalue weighted by Gasteiger charge is -2.26. The lowest BCUT2D eigenvalue weighted by atomic mass is 9.78. The number of hydrogen-bond donors (Lipinski definition) is 0. The van der Waals surface area contributed by atoms with E-state index < -0.39 is 0 Å². The summed E-state index contributed by atoms with van der Waals surface area (Å²) in [7, 11) is 0. The molecule has 0 saturated carbocycles. The van der Waals surface area contributed by atoms with E-state index in [0.717, 1.165) is 43.3 Å². The van der Waals surface area contributed by atoms with E-state index in [1.54, 1.807) is 0 Å². The molecule has 0 fully saturated rings. The third-order valence-corrected chi connectivity index (χ3v) is 6.22. The molecule has 0 bridgehead atoms. The average molecular weight is 463 g/mol. The summed E-state index contributed by atoms with van der Waals surface area (Å²) in [6, 6.07) is 24.7. The molecule has 0 spiro atoms. The van der Waals surface area contributed by atoms with Gasteiger partial charge in [0.05, 0.1) is 0 Å². The van der Waals surface area contributed by atoms with E-state index in [2.05, 4.69) is 73.9 Å². The van der Waals surface area contributed by atoms with E-state index in [1.807, 2.05) is 30.3 Å². The zero-order chi connectivity index (χ0) is 23.8. The van der Waals surface area contributed by atoms with Crippen LogP contribution in [0.3, 0.4) is 0 Å². The number of hydrogen-bond acceptors (Lipinski definition) is 2. The van der Waals surface area contributed by atoms with Crippen molar-refractivity contribution in [3.63, 3.8) is 0 Å². The van der Waals surface area contributed by atoms with Gasteiger partial charge >= 0.3 is 0 Å². The van der Waals surface area contributed by atoms with Crippen LogP contribution in [0.1, 0.15) is 59.3 Å². The van der Waals surface area contributed by atoms with Crippen molar-refractivity contribution in [1.29, 1.82) is 0 Å². The SMILES string of the molecule is C.C=C.O=Cc1ccc(C2=C(C3=CCCC=C3)CCc3cc(OCc4ccccc4)ccc32)cc1. The first-order chi connectivity index (χ1) is 16.8. The molecule has 0 atom stereocenters. The summed E-state index contributed by atoms with van der Waals surface area (Å²) in [5.41, 5.74) is 9.60. The highest BCUT2D eigenvalue weighted by atomic mass is 16.5. The number of aldehydes is 1. The van der Waals surface area contributed by atoms with Gasteiger partial charge in [-0.15, -0.1) is 13.2 Å². The number of rotatable bonds is 6. The maximum Gasteiger partial charge on any atom is 0.150 e.